The van der Waals surface area contributed by atoms with Gasteiger partial charge in [0, 0.05) is 31.9 Å². The van der Waals surface area contributed by atoms with Crippen molar-refractivity contribution >= 4 is 41.7 Å². The Morgan fingerprint density at radius 3 is 2.21 bits per heavy atom. The van der Waals surface area contributed by atoms with Gasteiger partial charge in [0.25, 0.3) is 0 Å². The highest BCUT2D eigenvalue weighted by Gasteiger charge is 2.04. The minimum atomic E-state index is -0.226. The summed E-state index contributed by atoms with van der Waals surface area (Å²) in [6.45, 7) is 5.12. The van der Waals surface area contributed by atoms with E-state index < -0.39 is 0 Å². The number of nitrogens with zero attached hydrogens (tertiary/aromatic N) is 1. The van der Waals surface area contributed by atoms with E-state index in [0.29, 0.717) is 19.0 Å². The minimum absolute atomic E-state index is 0. The maximum atomic E-state index is 12.9. The van der Waals surface area contributed by atoms with Gasteiger partial charge in [0.2, 0.25) is 0 Å². The fourth-order valence-electron chi connectivity index (χ4n) is 2.52. The van der Waals surface area contributed by atoms with Crippen molar-refractivity contribution in [1.29, 1.82) is 0 Å². The van der Waals surface area contributed by atoms with Crippen molar-refractivity contribution in [2.24, 2.45) is 4.99 Å². The zero-order chi connectivity index (χ0) is 20.4. The van der Waals surface area contributed by atoms with Crippen molar-refractivity contribution in [3.8, 4) is 0 Å². The molecule has 0 aromatic heterocycles. The summed E-state index contributed by atoms with van der Waals surface area (Å²) >= 11 is 0. The van der Waals surface area contributed by atoms with Crippen LogP contribution in [0.15, 0.2) is 53.5 Å². The molecule has 2 amide bonds. The Bertz CT molecular complexity index is 779. The molecule has 4 N–H and O–H groups in total. The Balaban J connectivity index is 0.00000420. The topological polar surface area (TPSA) is 77.6 Å². The van der Waals surface area contributed by atoms with Crippen LogP contribution < -0.4 is 21.3 Å². The number of anilines is 1. The van der Waals surface area contributed by atoms with Crippen LogP contribution in [0.25, 0.3) is 0 Å². The Morgan fingerprint density at radius 1 is 1.00 bits per heavy atom. The molecule has 0 aliphatic rings. The summed E-state index contributed by atoms with van der Waals surface area (Å²) in [6.07, 6.45) is 0.778. The van der Waals surface area contributed by atoms with Gasteiger partial charge >= 0.3 is 6.03 Å². The number of carbonyl (C=O) groups is 1. The van der Waals surface area contributed by atoms with E-state index in [4.69, 9.17) is 0 Å². The molecule has 29 heavy (non-hydrogen) atoms. The van der Waals surface area contributed by atoms with Crippen LogP contribution in [0.5, 0.6) is 0 Å². The molecule has 158 valence electrons. The number of benzene rings is 2. The number of hydrogen-bond acceptors (Lipinski definition) is 2. The standard InChI is InChI=1S/C21H28FN5O.HI/c1-15(2)26-21(28)27-19-10-6-17(7-11-19)14-25-20(23-3)24-13-12-16-4-8-18(22)9-5-16;/h4-11,15H,12-14H2,1-3H3,(H2,23,24,25)(H2,26,27,28);1H. The van der Waals surface area contributed by atoms with E-state index in [1.54, 1.807) is 19.2 Å². The van der Waals surface area contributed by atoms with Gasteiger partial charge in [0.05, 0.1) is 0 Å². The van der Waals surface area contributed by atoms with Crippen molar-refractivity contribution in [1.82, 2.24) is 16.0 Å². The largest absolute Gasteiger partial charge is 0.356 e. The molecule has 0 aliphatic heterocycles. The molecule has 0 saturated heterocycles. The molecule has 8 heteroatoms. The number of amides is 2. The van der Waals surface area contributed by atoms with Gasteiger partial charge in [-0.2, -0.15) is 0 Å². The molecule has 2 rings (SSSR count). The molecule has 0 bridgehead atoms. The molecule has 0 saturated carbocycles. The first kappa shape index (κ1) is 24.7. The molecule has 0 atom stereocenters. The van der Waals surface area contributed by atoms with Gasteiger partial charge in [-0.05, 0) is 55.7 Å². The normalized spacial score (nSPS) is 10.9. The molecule has 0 heterocycles. The zero-order valence-corrected chi connectivity index (χ0v) is 19.3. The van der Waals surface area contributed by atoms with Gasteiger partial charge < -0.3 is 21.3 Å². The Morgan fingerprint density at radius 2 is 1.62 bits per heavy atom. The van der Waals surface area contributed by atoms with Crippen LogP contribution in [0.4, 0.5) is 14.9 Å². The summed E-state index contributed by atoms with van der Waals surface area (Å²) in [6, 6.07) is 14.0. The van der Waals surface area contributed by atoms with Crippen molar-refractivity contribution in [3.63, 3.8) is 0 Å². The number of halogens is 2. The number of aliphatic imine (C=N–C) groups is 1. The third kappa shape index (κ3) is 9.60. The quantitative estimate of drug-likeness (QED) is 0.258. The SMILES string of the molecule is CN=C(NCCc1ccc(F)cc1)NCc1ccc(NC(=O)NC(C)C)cc1.I. The van der Waals surface area contributed by atoms with E-state index >= 15 is 0 Å². The lowest BCUT2D eigenvalue weighted by Crippen LogP contribution is -2.37. The van der Waals surface area contributed by atoms with Crippen LogP contribution in [0.3, 0.4) is 0 Å². The second-order valence-corrected chi connectivity index (χ2v) is 6.68. The van der Waals surface area contributed by atoms with Gasteiger partial charge in [-0.25, -0.2) is 9.18 Å². The molecule has 0 aliphatic carbocycles. The number of hydrogen-bond donors (Lipinski definition) is 4. The predicted molar refractivity (Wildman–Crippen MR) is 127 cm³/mol. The van der Waals surface area contributed by atoms with E-state index in [0.717, 1.165) is 23.2 Å². The van der Waals surface area contributed by atoms with E-state index in [9.17, 15) is 9.18 Å². The Labute approximate surface area is 188 Å². The highest BCUT2D eigenvalue weighted by Crippen LogP contribution is 2.09. The molecule has 0 spiro atoms. The maximum absolute atomic E-state index is 12.9. The monoisotopic (exact) mass is 513 g/mol. The van der Waals surface area contributed by atoms with Gasteiger partial charge in [-0.3, -0.25) is 4.99 Å². The fourth-order valence-corrected chi connectivity index (χ4v) is 2.52. The lowest BCUT2D eigenvalue weighted by Gasteiger charge is -2.13. The summed E-state index contributed by atoms with van der Waals surface area (Å²) in [7, 11) is 1.72. The highest BCUT2D eigenvalue weighted by atomic mass is 127. The molecular formula is C21H29FIN5O. The molecule has 0 radical (unpaired) electrons. The van der Waals surface area contributed by atoms with Crippen molar-refractivity contribution in [3.05, 3.63) is 65.5 Å². The predicted octanol–water partition coefficient (Wildman–Crippen LogP) is 3.88. The van der Waals surface area contributed by atoms with Crippen LogP contribution in [0.1, 0.15) is 25.0 Å². The third-order valence-electron chi connectivity index (χ3n) is 3.93. The first-order valence-corrected chi connectivity index (χ1v) is 9.31. The summed E-state index contributed by atoms with van der Waals surface area (Å²) < 4.78 is 12.9. The summed E-state index contributed by atoms with van der Waals surface area (Å²) in [5.41, 5.74) is 2.87. The van der Waals surface area contributed by atoms with Crippen LogP contribution in [0.2, 0.25) is 0 Å². The Kier molecular flexibility index (Phi) is 11.0. The second kappa shape index (κ2) is 13.0. The fraction of sp³-hybridized carbons (Fsp3) is 0.333. The number of carbonyl (C=O) groups excluding carboxylic acids is 1. The lowest BCUT2D eigenvalue weighted by atomic mass is 10.1. The van der Waals surface area contributed by atoms with Gasteiger partial charge in [-0.1, -0.05) is 24.3 Å². The average Bonchev–Trinajstić information content (AvgIpc) is 2.66. The Hall–Kier alpha value is -2.36. The summed E-state index contributed by atoms with van der Waals surface area (Å²) in [4.78, 5) is 15.9. The van der Waals surface area contributed by atoms with Crippen molar-refractivity contribution in [2.75, 3.05) is 18.9 Å². The molecule has 2 aromatic rings. The molecular weight excluding hydrogens is 484 g/mol. The average molecular weight is 513 g/mol. The summed E-state index contributed by atoms with van der Waals surface area (Å²) in [5, 5.41) is 12.1. The third-order valence-corrected chi connectivity index (χ3v) is 3.93. The minimum Gasteiger partial charge on any atom is -0.356 e. The first-order chi connectivity index (χ1) is 13.5. The number of guanidine groups is 1. The van der Waals surface area contributed by atoms with Crippen LogP contribution in [-0.4, -0.2) is 31.6 Å². The van der Waals surface area contributed by atoms with Crippen LogP contribution in [0, 0.1) is 5.82 Å². The van der Waals surface area contributed by atoms with Gasteiger partial charge in [-0.15, -0.1) is 24.0 Å². The number of nitrogens with one attached hydrogen (secondary N) is 4. The van der Waals surface area contributed by atoms with Gasteiger partial charge in [0.1, 0.15) is 5.82 Å². The molecule has 0 unspecified atom stereocenters. The van der Waals surface area contributed by atoms with Crippen molar-refractivity contribution < 1.29 is 9.18 Å². The first-order valence-electron chi connectivity index (χ1n) is 9.31. The van der Waals surface area contributed by atoms with E-state index in [-0.39, 0.29) is 41.9 Å². The number of rotatable bonds is 7. The summed E-state index contributed by atoms with van der Waals surface area (Å²) in [5.74, 6) is 0.469. The van der Waals surface area contributed by atoms with Crippen molar-refractivity contribution in [2.45, 2.75) is 32.9 Å². The number of urea groups is 1. The second-order valence-electron chi connectivity index (χ2n) is 6.68. The van der Waals surface area contributed by atoms with Gasteiger partial charge in [0.15, 0.2) is 5.96 Å². The molecule has 6 nitrogen and oxygen atoms in total. The zero-order valence-electron chi connectivity index (χ0n) is 17.0. The molecule has 2 aromatic carbocycles. The van der Waals surface area contributed by atoms with Crippen LogP contribution >= 0.6 is 24.0 Å². The lowest BCUT2D eigenvalue weighted by molar-refractivity contribution is 0.250. The van der Waals surface area contributed by atoms with E-state index in [2.05, 4.69) is 26.3 Å². The van der Waals surface area contributed by atoms with Crippen LogP contribution in [-0.2, 0) is 13.0 Å². The smallest absolute Gasteiger partial charge is 0.319 e. The maximum Gasteiger partial charge on any atom is 0.319 e. The molecule has 0 fully saturated rings. The van der Waals surface area contributed by atoms with E-state index in [1.165, 1.54) is 12.1 Å². The van der Waals surface area contributed by atoms with E-state index in [1.807, 2.05) is 38.1 Å². The highest BCUT2D eigenvalue weighted by molar-refractivity contribution is 14.0.